The number of aliphatic hydroxyl groups excluding tert-OH is 1. The van der Waals surface area contributed by atoms with Crippen molar-refractivity contribution in [3.63, 3.8) is 0 Å². The van der Waals surface area contributed by atoms with Gasteiger partial charge in [-0.2, -0.15) is 0 Å². The maximum atomic E-state index is 13.7. The number of carbonyl (C=O) groups is 4. The van der Waals surface area contributed by atoms with Crippen LogP contribution in [0.2, 0.25) is 0 Å². The van der Waals surface area contributed by atoms with Gasteiger partial charge in [-0.05, 0) is 186 Å². The zero-order valence-electron chi connectivity index (χ0n) is 75.8. The van der Waals surface area contributed by atoms with Crippen molar-refractivity contribution in [1.82, 2.24) is 9.80 Å². The first-order chi connectivity index (χ1) is 55.3. The molecule has 0 aliphatic carbocycles. The van der Waals surface area contributed by atoms with Gasteiger partial charge in [-0.25, -0.2) is 0 Å². The van der Waals surface area contributed by atoms with Crippen molar-refractivity contribution in [2.45, 2.75) is 503 Å². The molecule has 1 rings (SSSR count). The molecule has 3 atom stereocenters. The van der Waals surface area contributed by atoms with Crippen LogP contribution in [-0.4, -0.2) is 123 Å². The maximum absolute atomic E-state index is 13.7. The fraction of sp³-hybridized carbons (Fsp3) is 0.918. The van der Waals surface area contributed by atoms with Gasteiger partial charge >= 0.3 is 23.9 Å². The Hall–Kier alpha value is -3.56. The highest BCUT2D eigenvalue weighted by molar-refractivity contribution is 5.73. The van der Waals surface area contributed by atoms with Gasteiger partial charge in [-0.15, -0.1) is 0 Å². The van der Waals surface area contributed by atoms with Crippen LogP contribution in [0.1, 0.15) is 485 Å². The molecule has 3 N–H and O–H groups in total. The van der Waals surface area contributed by atoms with Gasteiger partial charge in [-0.3, -0.25) is 28.8 Å². The topological polar surface area (TPSA) is 190 Å². The minimum Gasteiger partial charge on any atom is -0.466 e. The molecule has 0 aromatic heterocycles. The van der Waals surface area contributed by atoms with E-state index in [-0.39, 0.29) is 48.8 Å². The quantitative estimate of drug-likeness (QED) is 0.0241. The van der Waals surface area contributed by atoms with Crippen molar-refractivity contribution in [3.8, 4) is 0 Å². The fourth-order valence-corrected chi connectivity index (χ4v) is 16.8. The number of aliphatic hydroxyl groups is 1. The second-order valence-corrected chi connectivity index (χ2v) is 34.6. The standard InChI is InChI=1S/C98H186N4O11/c1-9-16-22-27-36-49-65-88(66-50-37-28-23-17-10-2)111-92(105)71-55-42-33-45-58-78-101(82-62-77-100-96-95(99-8)97(108)98(96)109)79-59-46-34-43-57-73-94(107)113-90(69-53-40-31-26-20-13-5)75-74-86(63-15-7)87(64-21-14-6)76-85-110-91(104)70-54-41-32-47-60-80-102(83-84-103)81-61-48-35-44-56-72-93(106)112-89(67-51-38-29-24-18-11-3)68-52-39-30-25-19-12-4/h86-90,99-100,103H,9-85H2,1-8H3. The number of hydrogen-bond donors (Lipinski definition) is 3. The molecule has 0 saturated heterocycles. The lowest BCUT2D eigenvalue weighted by Gasteiger charge is -2.29. The van der Waals surface area contributed by atoms with Crippen LogP contribution >= 0.6 is 0 Å². The van der Waals surface area contributed by atoms with E-state index in [1.54, 1.807) is 7.05 Å². The Balaban J connectivity index is 2.63. The summed E-state index contributed by atoms with van der Waals surface area (Å²) in [6.45, 7) is 22.7. The van der Waals surface area contributed by atoms with Crippen LogP contribution in [-0.2, 0) is 38.1 Å². The SMILES string of the molecule is CCCCCCCCC(CCCCCCCC)OC(=O)CCCCCCCN(CCO)CCCCCCCC(=O)OCCC(CCCC)C(CCC)CCC(CCCCCCCC)OC(=O)CCCCCCCN(CCCCCCCC(=O)OC(CCCCCCCC)CCCCCCCC)CCCNc1c(NC)c(=O)c1=O. The molecule has 0 aliphatic rings. The van der Waals surface area contributed by atoms with Gasteiger partial charge in [0.15, 0.2) is 0 Å². The number of rotatable bonds is 90. The van der Waals surface area contributed by atoms with E-state index >= 15 is 0 Å². The molecular weight excluding hydrogens is 1410 g/mol. The average molecular weight is 1600 g/mol. The van der Waals surface area contributed by atoms with Crippen molar-refractivity contribution in [1.29, 1.82) is 0 Å². The molecule has 664 valence electrons. The molecule has 0 aliphatic heterocycles. The molecule has 0 heterocycles. The summed E-state index contributed by atoms with van der Waals surface area (Å²) in [6.07, 6.45) is 74.8. The van der Waals surface area contributed by atoms with Crippen molar-refractivity contribution >= 4 is 35.3 Å². The van der Waals surface area contributed by atoms with Gasteiger partial charge in [0.05, 0.1) is 13.2 Å². The average Bonchev–Trinajstić information content (AvgIpc) is 0.789. The molecule has 0 bridgehead atoms. The zero-order valence-corrected chi connectivity index (χ0v) is 75.8. The van der Waals surface area contributed by atoms with Crippen molar-refractivity contribution in [2.24, 2.45) is 11.8 Å². The summed E-state index contributed by atoms with van der Waals surface area (Å²) < 4.78 is 24.6. The molecule has 0 fully saturated rings. The van der Waals surface area contributed by atoms with Gasteiger partial charge in [0.1, 0.15) is 29.7 Å². The van der Waals surface area contributed by atoms with Crippen LogP contribution in [0.15, 0.2) is 9.59 Å². The number of unbranched alkanes of at least 4 members (excludes halogenated alkanes) is 42. The van der Waals surface area contributed by atoms with Crippen molar-refractivity contribution < 1.29 is 43.2 Å². The molecule has 0 radical (unpaired) electrons. The first-order valence-electron chi connectivity index (χ1n) is 49.4. The second-order valence-electron chi connectivity index (χ2n) is 34.6. The van der Waals surface area contributed by atoms with E-state index < -0.39 is 10.9 Å². The molecule has 113 heavy (non-hydrogen) atoms. The summed E-state index contributed by atoms with van der Waals surface area (Å²) >= 11 is 0. The molecule has 0 saturated carbocycles. The summed E-state index contributed by atoms with van der Waals surface area (Å²) in [6, 6.07) is 0. The highest BCUT2D eigenvalue weighted by Gasteiger charge is 2.26. The van der Waals surface area contributed by atoms with E-state index in [9.17, 15) is 33.9 Å². The van der Waals surface area contributed by atoms with Gasteiger partial charge in [-0.1, -0.05) is 318 Å². The summed E-state index contributed by atoms with van der Waals surface area (Å²) in [5.41, 5.74) is -0.103. The minimum atomic E-state index is -0.450. The predicted octanol–water partition coefficient (Wildman–Crippen LogP) is 26.5. The largest absolute Gasteiger partial charge is 0.466 e. The molecule has 0 spiro atoms. The Kier molecular flexibility index (Phi) is 76.9. The van der Waals surface area contributed by atoms with Gasteiger partial charge in [0.2, 0.25) is 0 Å². The number of nitrogens with one attached hydrogen (secondary N) is 2. The molecule has 15 nitrogen and oxygen atoms in total. The Morgan fingerprint density at radius 3 is 0.929 bits per heavy atom. The number of hydrogen-bond acceptors (Lipinski definition) is 15. The lowest BCUT2D eigenvalue weighted by Crippen LogP contribution is -2.37. The first kappa shape index (κ1) is 107. The summed E-state index contributed by atoms with van der Waals surface area (Å²) in [5, 5.41) is 15.9. The molecule has 1 aromatic rings. The van der Waals surface area contributed by atoms with Crippen LogP contribution in [0.25, 0.3) is 0 Å². The Morgan fingerprint density at radius 1 is 0.292 bits per heavy atom. The molecule has 3 unspecified atom stereocenters. The van der Waals surface area contributed by atoms with Gasteiger partial charge in [0.25, 0.3) is 10.9 Å². The smallest absolute Gasteiger partial charge is 0.306 e. The van der Waals surface area contributed by atoms with Crippen LogP contribution in [0.4, 0.5) is 11.4 Å². The van der Waals surface area contributed by atoms with Crippen LogP contribution < -0.4 is 21.5 Å². The van der Waals surface area contributed by atoms with Gasteiger partial charge < -0.3 is 44.5 Å². The number of esters is 4. The van der Waals surface area contributed by atoms with Crippen molar-refractivity contribution in [3.05, 3.63) is 20.4 Å². The number of ether oxygens (including phenoxy) is 4. The third-order valence-corrected chi connectivity index (χ3v) is 24.1. The van der Waals surface area contributed by atoms with E-state index in [1.165, 1.54) is 161 Å². The third-order valence-electron chi connectivity index (χ3n) is 24.1. The normalized spacial score (nSPS) is 12.6. The molecule has 0 amide bonds. The van der Waals surface area contributed by atoms with E-state index in [4.69, 9.17) is 18.9 Å². The fourth-order valence-electron chi connectivity index (χ4n) is 16.8. The number of anilines is 2. The number of nitrogens with zero attached hydrogens (tertiary/aromatic N) is 2. The first-order valence-corrected chi connectivity index (χ1v) is 49.4. The second kappa shape index (κ2) is 80.8. The molecular formula is C98H186N4O11. The van der Waals surface area contributed by atoms with E-state index in [1.807, 2.05) is 0 Å². The molecule has 15 heteroatoms. The van der Waals surface area contributed by atoms with Crippen LogP contribution in [0, 0.1) is 11.8 Å². The lowest BCUT2D eigenvalue weighted by atomic mass is 9.79. The maximum Gasteiger partial charge on any atom is 0.306 e. The minimum absolute atomic E-state index is 0.000813. The monoisotopic (exact) mass is 1600 g/mol. The van der Waals surface area contributed by atoms with E-state index in [2.05, 4.69) is 68.9 Å². The predicted molar refractivity (Wildman–Crippen MR) is 481 cm³/mol. The van der Waals surface area contributed by atoms with Gasteiger partial charge in [0, 0.05) is 45.8 Å². The van der Waals surface area contributed by atoms with E-state index in [0.717, 1.165) is 283 Å². The molecule has 1 aromatic carbocycles. The van der Waals surface area contributed by atoms with Crippen LogP contribution in [0.3, 0.4) is 0 Å². The Bertz CT molecular complexity index is 2310. The zero-order chi connectivity index (χ0) is 82.4. The van der Waals surface area contributed by atoms with Crippen LogP contribution in [0.5, 0.6) is 0 Å². The lowest BCUT2D eigenvalue weighted by molar-refractivity contribution is -0.151. The summed E-state index contributed by atoms with van der Waals surface area (Å²) in [5.74, 6) is 0.836. The Morgan fingerprint density at radius 2 is 0.584 bits per heavy atom. The number of carbonyl (C=O) groups excluding carboxylic acids is 4. The van der Waals surface area contributed by atoms with E-state index in [0.29, 0.717) is 68.6 Å². The third kappa shape index (κ3) is 64.1. The van der Waals surface area contributed by atoms with Crippen molar-refractivity contribution in [2.75, 3.05) is 76.7 Å². The summed E-state index contributed by atoms with van der Waals surface area (Å²) in [7, 11) is 1.68. The highest BCUT2D eigenvalue weighted by Crippen LogP contribution is 2.33. The Labute approximate surface area is 697 Å². The highest BCUT2D eigenvalue weighted by atomic mass is 16.6. The summed E-state index contributed by atoms with van der Waals surface area (Å²) in [4.78, 5) is 82.0.